The van der Waals surface area contributed by atoms with Gasteiger partial charge in [-0.05, 0) is 31.5 Å². The second kappa shape index (κ2) is 9.64. The number of piperazine rings is 1. The monoisotopic (exact) mass is 331 g/mol. The minimum atomic E-state index is 0.514. The maximum Gasteiger partial charge on any atom is 0.191 e. The van der Waals surface area contributed by atoms with Gasteiger partial charge >= 0.3 is 0 Å². The van der Waals surface area contributed by atoms with Crippen LogP contribution in [0.3, 0.4) is 0 Å². The molecule has 1 aromatic rings. The smallest absolute Gasteiger partial charge is 0.191 e. The van der Waals surface area contributed by atoms with Crippen molar-refractivity contribution in [3.63, 3.8) is 0 Å². The van der Waals surface area contributed by atoms with Crippen LogP contribution in [0.25, 0.3) is 0 Å². The van der Waals surface area contributed by atoms with Gasteiger partial charge in [0.1, 0.15) is 0 Å². The summed E-state index contributed by atoms with van der Waals surface area (Å²) >= 11 is 0. The van der Waals surface area contributed by atoms with Gasteiger partial charge in [0.05, 0.1) is 0 Å². The maximum atomic E-state index is 4.36. The van der Waals surface area contributed by atoms with Crippen LogP contribution in [0.4, 0.5) is 0 Å². The second-order valence-corrected chi connectivity index (χ2v) is 6.62. The highest BCUT2D eigenvalue weighted by Gasteiger charge is 2.19. The summed E-state index contributed by atoms with van der Waals surface area (Å²) in [5.74, 6) is 0.877. The van der Waals surface area contributed by atoms with Crippen LogP contribution in [0.15, 0.2) is 29.3 Å². The van der Waals surface area contributed by atoms with Crippen molar-refractivity contribution in [1.82, 2.24) is 20.4 Å². The summed E-state index contributed by atoms with van der Waals surface area (Å²) in [6, 6.07) is 9.10. The Bertz CT molecular complexity index is 520. The molecule has 5 nitrogen and oxygen atoms in total. The SMILES string of the molecule is CCc1ccccc1CNC(=NC)NCC(C)N1CCN(C)CC1. The highest BCUT2D eigenvalue weighted by Crippen LogP contribution is 2.09. The summed E-state index contributed by atoms with van der Waals surface area (Å²) < 4.78 is 0. The molecule has 0 spiro atoms. The number of nitrogens with zero attached hydrogens (tertiary/aromatic N) is 3. The normalized spacial score (nSPS) is 18.4. The molecule has 5 heteroatoms. The number of hydrogen-bond donors (Lipinski definition) is 2. The minimum absolute atomic E-state index is 0.514. The Hall–Kier alpha value is -1.59. The zero-order valence-corrected chi connectivity index (χ0v) is 15.7. The van der Waals surface area contributed by atoms with Crippen LogP contribution in [0.5, 0.6) is 0 Å². The van der Waals surface area contributed by atoms with Gasteiger partial charge in [-0.15, -0.1) is 0 Å². The molecule has 134 valence electrons. The first-order valence-corrected chi connectivity index (χ1v) is 9.08. The van der Waals surface area contributed by atoms with Gasteiger partial charge in [0.25, 0.3) is 0 Å². The Morgan fingerprint density at radius 3 is 2.42 bits per heavy atom. The fourth-order valence-electron chi connectivity index (χ4n) is 3.11. The first kappa shape index (κ1) is 18.7. The average Bonchev–Trinajstić information content (AvgIpc) is 2.62. The van der Waals surface area contributed by atoms with Crippen LogP contribution < -0.4 is 10.6 Å². The molecule has 1 unspecified atom stereocenters. The number of hydrogen-bond acceptors (Lipinski definition) is 3. The van der Waals surface area contributed by atoms with Crippen molar-refractivity contribution >= 4 is 5.96 Å². The van der Waals surface area contributed by atoms with Crippen molar-refractivity contribution < 1.29 is 0 Å². The summed E-state index contributed by atoms with van der Waals surface area (Å²) in [5.41, 5.74) is 2.74. The highest BCUT2D eigenvalue weighted by atomic mass is 15.3. The zero-order chi connectivity index (χ0) is 17.4. The number of likely N-dealkylation sites (N-methyl/N-ethyl adjacent to an activating group) is 1. The van der Waals surface area contributed by atoms with E-state index in [0.717, 1.165) is 51.6 Å². The summed E-state index contributed by atoms with van der Waals surface area (Å²) in [4.78, 5) is 9.29. The van der Waals surface area contributed by atoms with Gasteiger partial charge in [0.15, 0.2) is 5.96 Å². The molecule has 0 aliphatic carbocycles. The average molecular weight is 332 g/mol. The number of rotatable bonds is 6. The van der Waals surface area contributed by atoms with E-state index in [4.69, 9.17) is 0 Å². The second-order valence-electron chi connectivity index (χ2n) is 6.62. The molecule has 0 amide bonds. The molecular formula is C19H33N5. The highest BCUT2D eigenvalue weighted by molar-refractivity contribution is 5.79. The zero-order valence-electron chi connectivity index (χ0n) is 15.7. The summed E-state index contributed by atoms with van der Waals surface area (Å²) in [5, 5.41) is 6.91. The molecule has 2 N–H and O–H groups in total. The number of guanidine groups is 1. The maximum absolute atomic E-state index is 4.36. The summed E-state index contributed by atoms with van der Waals surface area (Å²) in [6.07, 6.45) is 1.06. The molecule has 0 aromatic heterocycles. The van der Waals surface area contributed by atoms with Crippen molar-refractivity contribution in [1.29, 1.82) is 0 Å². The molecule has 1 saturated heterocycles. The summed E-state index contributed by atoms with van der Waals surface area (Å²) in [7, 11) is 4.03. The fraction of sp³-hybridized carbons (Fsp3) is 0.632. The molecular weight excluding hydrogens is 298 g/mol. The number of nitrogens with one attached hydrogen (secondary N) is 2. The summed E-state index contributed by atoms with van der Waals surface area (Å²) in [6.45, 7) is 10.8. The van der Waals surface area contributed by atoms with E-state index < -0.39 is 0 Å². The van der Waals surface area contributed by atoms with Gasteiger partial charge in [-0.3, -0.25) is 9.89 Å². The predicted octanol–water partition coefficient (Wildman–Crippen LogP) is 1.55. The van der Waals surface area contributed by atoms with E-state index in [0.29, 0.717) is 6.04 Å². The molecule has 1 heterocycles. The van der Waals surface area contributed by atoms with Crippen LogP contribution in [-0.2, 0) is 13.0 Å². The number of aryl methyl sites for hydroxylation is 1. The van der Waals surface area contributed by atoms with Crippen molar-refractivity contribution in [2.24, 2.45) is 4.99 Å². The van der Waals surface area contributed by atoms with E-state index in [1.165, 1.54) is 11.1 Å². The lowest BCUT2D eigenvalue weighted by Gasteiger charge is -2.36. The molecule has 1 aromatic carbocycles. The van der Waals surface area contributed by atoms with E-state index in [1.54, 1.807) is 0 Å². The largest absolute Gasteiger partial charge is 0.355 e. The lowest BCUT2D eigenvalue weighted by Crippen LogP contribution is -2.52. The topological polar surface area (TPSA) is 42.9 Å². The lowest BCUT2D eigenvalue weighted by atomic mass is 10.1. The third-order valence-corrected chi connectivity index (χ3v) is 4.90. The lowest BCUT2D eigenvalue weighted by molar-refractivity contribution is 0.120. The Labute approximate surface area is 147 Å². The van der Waals surface area contributed by atoms with Crippen molar-refractivity contribution in [2.75, 3.05) is 46.8 Å². The Kier molecular flexibility index (Phi) is 7.53. The van der Waals surface area contributed by atoms with E-state index in [-0.39, 0.29) is 0 Å². The Morgan fingerprint density at radius 1 is 1.12 bits per heavy atom. The molecule has 0 bridgehead atoms. The molecule has 2 rings (SSSR count). The molecule has 1 fully saturated rings. The predicted molar refractivity (Wildman–Crippen MR) is 103 cm³/mol. The fourth-order valence-corrected chi connectivity index (χ4v) is 3.11. The molecule has 0 radical (unpaired) electrons. The Morgan fingerprint density at radius 2 is 1.79 bits per heavy atom. The first-order valence-electron chi connectivity index (χ1n) is 9.08. The molecule has 24 heavy (non-hydrogen) atoms. The molecule has 1 atom stereocenters. The quantitative estimate of drug-likeness (QED) is 0.613. The number of aliphatic imine (C=N–C) groups is 1. The van der Waals surface area contributed by atoms with E-state index in [1.807, 2.05) is 7.05 Å². The van der Waals surface area contributed by atoms with Gasteiger partial charge < -0.3 is 15.5 Å². The minimum Gasteiger partial charge on any atom is -0.355 e. The van der Waals surface area contributed by atoms with E-state index >= 15 is 0 Å². The molecule has 1 aliphatic heterocycles. The van der Waals surface area contributed by atoms with Crippen molar-refractivity contribution in [2.45, 2.75) is 32.9 Å². The van der Waals surface area contributed by atoms with Gasteiger partial charge in [0.2, 0.25) is 0 Å². The molecule has 1 aliphatic rings. The van der Waals surface area contributed by atoms with Gasteiger partial charge in [-0.1, -0.05) is 31.2 Å². The van der Waals surface area contributed by atoms with Crippen LogP contribution in [0.2, 0.25) is 0 Å². The standard InChI is InChI=1S/C19H33N5/c1-5-17-8-6-7-9-18(17)15-22-19(20-3)21-14-16(2)24-12-10-23(4)11-13-24/h6-9,16H,5,10-15H2,1-4H3,(H2,20,21,22). The van der Waals surface area contributed by atoms with Crippen LogP contribution >= 0.6 is 0 Å². The van der Waals surface area contributed by atoms with Gasteiger partial charge in [0, 0.05) is 52.4 Å². The number of benzene rings is 1. The van der Waals surface area contributed by atoms with E-state index in [2.05, 4.69) is 70.6 Å². The first-order chi connectivity index (χ1) is 11.6. The van der Waals surface area contributed by atoms with Crippen LogP contribution in [-0.4, -0.2) is 68.6 Å². The van der Waals surface area contributed by atoms with Crippen molar-refractivity contribution in [3.05, 3.63) is 35.4 Å². The van der Waals surface area contributed by atoms with Gasteiger partial charge in [-0.2, -0.15) is 0 Å². The molecule has 0 saturated carbocycles. The van der Waals surface area contributed by atoms with Crippen LogP contribution in [0, 0.1) is 0 Å². The van der Waals surface area contributed by atoms with Crippen LogP contribution in [0.1, 0.15) is 25.0 Å². The van der Waals surface area contributed by atoms with Gasteiger partial charge in [-0.25, -0.2) is 0 Å². The van der Waals surface area contributed by atoms with E-state index in [9.17, 15) is 0 Å². The Balaban J connectivity index is 1.78. The van der Waals surface area contributed by atoms with Crippen molar-refractivity contribution in [3.8, 4) is 0 Å². The third-order valence-electron chi connectivity index (χ3n) is 4.90. The third kappa shape index (κ3) is 5.49.